The van der Waals surface area contributed by atoms with Crippen molar-refractivity contribution in [1.82, 2.24) is 30.2 Å². The number of benzene rings is 1. The number of nitrogens with one attached hydrogen (secondary N) is 2. The monoisotopic (exact) mass is 523 g/mol. The van der Waals surface area contributed by atoms with Gasteiger partial charge in [-0.05, 0) is 68.2 Å². The molecule has 8 nitrogen and oxygen atoms in total. The van der Waals surface area contributed by atoms with E-state index >= 15 is 0 Å². The van der Waals surface area contributed by atoms with Gasteiger partial charge in [0.1, 0.15) is 29.8 Å². The van der Waals surface area contributed by atoms with Crippen molar-refractivity contribution in [2.75, 3.05) is 18.1 Å². The Bertz CT molecular complexity index is 1540. The van der Waals surface area contributed by atoms with Gasteiger partial charge in [0.05, 0.1) is 18.6 Å². The van der Waals surface area contributed by atoms with Gasteiger partial charge in [-0.1, -0.05) is 26.3 Å². The van der Waals surface area contributed by atoms with Crippen molar-refractivity contribution in [2.45, 2.75) is 78.4 Å². The first-order chi connectivity index (χ1) is 18.9. The standard InChI is InChI=1S/C31H37N7O/c1-19-34-26-14-21(16-33-29(26)35-19)20-7-8-27-22(13-20)18-38(11-12-39-27)30-24-15-31(2,3)10-9-25(24)36-28(37-30)17-32-23-5-4-6-23/h7-8,13-14,16,23,32H,4-6,9-12,15,17-18H2,1-3H3,(H,33,34,35). The molecule has 202 valence electrons. The van der Waals surface area contributed by atoms with Gasteiger partial charge in [0.15, 0.2) is 5.65 Å². The third-order valence-electron chi connectivity index (χ3n) is 8.59. The maximum atomic E-state index is 6.25. The van der Waals surface area contributed by atoms with Crippen molar-refractivity contribution < 1.29 is 4.74 Å². The first-order valence-electron chi connectivity index (χ1n) is 14.4. The van der Waals surface area contributed by atoms with E-state index in [1.165, 1.54) is 36.1 Å². The van der Waals surface area contributed by atoms with Crippen molar-refractivity contribution in [3.63, 3.8) is 0 Å². The van der Waals surface area contributed by atoms with Crippen LogP contribution in [0.1, 0.15) is 68.0 Å². The average molecular weight is 524 g/mol. The predicted molar refractivity (Wildman–Crippen MR) is 153 cm³/mol. The molecule has 3 aromatic heterocycles. The van der Waals surface area contributed by atoms with Gasteiger partial charge in [-0.3, -0.25) is 0 Å². The summed E-state index contributed by atoms with van der Waals surface area (Å²) in [6.45, 7) is 9.60. The summed E-state index contributed by atoms with van der Waals surface area (Å²) in [5.74, 6) is 3.84. The third-order valence-corrected chi connectivity index (χ3v) is 8.59. The maximum Gasteiger partial charge on any atom is 0.177 e. The second-order valence-corrected chi connectivity index (χ2v) is 12.2. The molecule has 3 aliphatic rings. The van der Waals surface area contributed by atoms with Gasteiger partial charge in [-0.2, -0.15) is 0 Å². The second kappa shape index (κ2) is 9.59. The molecule has 0 amide bonds. The molecule has 0 atom stereocenters. The Kier molecular flexibility index (Phi) is 6.03. The lowest BCUT2D eigenvalue weighted by molar-refractivity contribution is 0.309. The van der Waals surface area contributed by atoms with E-state index in [1.54, 1.807) is 0 Å². The molecule has 0 radical (unpaired) electrons. The Labute approximate surface area is 229 Å². The number of nitrogens with zero attached hydrogens (tertiary/aromatic N) is 5. The van der Waals surface area contributed by atoms with Crippen LogP contribution in [0.25, 0.3) is 22.3 Å². The lowest BCUT2D eigenvalue weighted by atomic mass is 9.76. The van der Waals surface area contributed by atoms with Gasteiger partial charge in [0.2, 0.25) is 0 Å². The number of imidazole rings is 1. The molecule has 1 saturated carbocycles. The van der Waals surface area contributed by atoms with Crippen LogP contribution in [0.15, 0.2) is 30.5 Å². The fraction of sp³-hybridized carbons (Fsp3) is 0.484. The molecule has 1 aromatic carbocycles. The van der Waals surface area contributed by atoms with Gasteiger partial charge in [-0.15, -0.1) is 0 Å². The number of fused-ring (bicyclic) bond motifs is 3. The fourth-order valence-electron chi connectivity index (χ4n) is 6.10. The van der Waals surface area contributed by atoms with E-state index < -0.39 is 0 Å². The van der Waals surface area contributed by atoms with Gasteiger partial charge in [0, 0.05) is 41.2 Å². The van der Waals surface area contributed by atoms with Gasteiger partial charge in [-0.25, -0.2) is 19.9 Å². The van der Waals surface area contributed by atoms with Crippen LogP contribution in [0.4, 0.5) is 5.82 Å². The van der Waals surface area contributed by atoms with E-state index in [0.29, 0.717) is 12.6 Å². The van der Waals surface area contributed by atoms with E-state index in [1.807, 2.05) is 13.1 Å². The number of rotatable bonds is 5. The highest BCUT2D eigenvalue weighted by molar-refractivity contribution is 5.78. The molecule has 4 aromatic rings. The van der Waals surface area contributed by atoms with Crippen LogP contribution in [0.3, 0.4) is 0 Å². The summed E-state index contributed by atoms with van der Waals surface area (Å²) in [4.78, 5) is 25.0. The summed E-state index contributed by atoms with van der Waals surface area (Å²) in [7, 11) is 0. The number of H-pyrrole nitrogens is 1. The zero-order valence-electron chi connectivity index (χ0n) is 23.2. The van der Waals surface area contributed by atoms with Crippen LogP contribution >= 0.6 is 0 Å². The number of aryl methyl sites for hydroxylation is 2. The van der Waals surface area contributed by atoms with Crippen molar-refractivity contribution in [1.29, 1.82) is 0 Å². The molecular formula is C31H37N7O. The molecule has 0 saturated heterocycles. The maximum absolute atomic E-state index is 6.25. The lowest BCUT2D eigenvalue weighted by Crippen LogP contribution is -2.36. The van der Waals surface area contributed by atoms with E-state index in [0.717, 1.165) is 84.4 Å². The molecule has 1 aliphatic heterocycles. The predicted octanol–water partition coefficient (Wildman–Crippen LogP) is 5.28. The highest BCUT2D eigenvalue weighted by Gasteiger charge is 2.32. The minimum absolute atomic E-state index is 0.251. The quantitative estimate of drug-likeness (QED) is 0.368. The fourth-order valence-corrected chi connectivity index (χ4v) is 6.10. The van der Waals surface area contributed by atoms with Crippen molar-refractivity contribution in [3.05, 3.63) is 58.9 Å². The van der Waals surface area contributed by atoms with Crippen molar-refractivity contribution in [2.24, 2.45) is 5.41 Å². The highest BCUT2D eigenvalue weighted by atomic mass is 16.5. The normalized spacial score (nSPS) is 18.7. The van der Waals surface area contributed by atoms with Gasteiger partial charge >= 0.3 is 0 Å². The molecule has 4 heterocycles. The zero-order chi connectivity index (χ0) is 26.6. The summed E-state index contributed by atoms with van der Waals surface area (Å²) in [6, 6.07) is 9.21. The third kappa shape index (κ3) is 4.86. The summed E-state index contributed by atoms with van der Waals surface area (Å²) < 4.78 is 6.25. The first kappa shape index (κ1) is 24.5. The molecule has 0 bridgehead atoms. The number of ether oxygens (including phenoxy) is 1. The molecule has 0 unspecified atom stereocenters. The topological polar surface area (TPSA) is 91.9 Å². The number of pyridine rings is 1. The number of aromatic nitrogens is 5. The number of hydrogen-bond acceptors (Lipinski definition) is 7. The molecule has 8 heteroatoms. The summed E-state index contributed by atoms with van der Waals surface area (Å²) in [6.07, 6.45) is 8.94. The van der Waals surface area contributed by atoms with Crippen LogP contribution in [0.2, 0.25) is 0 Å². The smallest absolute Gasteiger partial charge is 0.177 e. The molecule has 2 N–H and O–H groups in total. The minimum Gasteiger partial charge on any atom is -0.491 e. The number of hydrogen-bond donors (Lipinski definition) is 2. The molecule has 1 fully saturated rings. The van der Waals surface area contributed by atoms with Crippen LogP contribution in [0, 0.1) is 12.3 Å². The van der Waals surface area contributed by atoms with Crippen LogP contribution in [-0.2, 0) is 25.9 Å². The Morgan fingerprint density at radius 1 is 1.13 bits per heavy atom. The van der Waals surface area contributed by atoms with Gasteiger partial charge in [0.25, 0.3) is 0 Å². The number of aromatic amines is 1. The molecule has 7 rings (SSSR count). The van der Waals surface area contributed by atoms with Crippen LogP contribution in [-0.4, -0.2) is 44.1 Å². The van der Waals surface area contributed by atoms with Gasteiger partial charge < -0.3 is 19.9 Å². The van der Waals surface area contributed by atoms with Crippen molar-refractivity contribution in [3.8, 4) is 16.9 Å². The molecule has 2 aliphatic carbocycles. The van der Waals surface area contributed by atoms with Crippen LogP contribution < -0.4 is 15.0 Å². The molecule has 0 spiro atoms. The highest BCUT2D eigenvalue weighted by Crippen LogP contribution is 2.39. The SMILES string of the molecule is Cc1nc2ncc(-c3ccc4c(c3)CN(c3nc(CNC5CCC5)nc5c3CC(C)(C)CC5)CCO4)cc2[nH]1. The van der Waals surface area contributed by atoms with E-state index in [-0.39, 0.29) is 5.41 Å². The lowest BCUT2D eigenvalue weighted by Gasteiger charge is -2.34. The second-order valence-electron chi connectivity index (χ2n) is 12.2. The largest absolute Gasteiger partial charge is 0.491 e. The Balaban J connectivity index is 1.23. The Morgan fingerprint density at radius 3 is 2.87 bits per heavy atom. The number of anilines is 1. The Morgan fingerprint density at radius 2 is 2.03 bits per heavy atom. The summed E-state index contributed by atoms with van der Waals surface area (Å²) in [5, 5.41) is 3.68. The molecule has 39 heavy (non-hydrogen) atoms. The average Bonchev–Trinajstić information content (AvgIpc) is 3.13. The molecular weight excluding hydrogens is 486 g/mol. The first-order valence-corrected chi connectivity index (χ1v) is 14.4. The summed E-state index contributed by atoms with van der Waals surface area (Å²) >= 11 is 0. The minimum atomic E-state index is 0.251. The van der Waals surface area contributed by atoms with E-state index in [2.05, 4.69) is 63.3 Å². The Hall–Kier alpha value is -3.52. The van der Waals surface area contributed by atoms with Crippen LogP contribution in [0.5, 0.6) is 5.75 Å². The van der Waals surface area contributed by atoms with E-state index in [9.17, 15) is 0 Å². The summed E-state index contributed by atoms with van der Waals surface area (Å²) in [5.41, 5.74) is 7.87. The zero-order valence-corrected chi connectivity index (χ0v) is 23.2. The van der Waals surface area contributed by atoms with Crippen molar-refractivity contribution >= 4 is 17.0 Å². The van der Waals surface area contributed by atoms with E-state index in [4.69, 9.17) is 14.7 Å².